The number of carboxylic acid groups (broad SMARTS) is 1. The summed E-state index contributed by atoms with van der Waals surface area (Å²) in [6.45, 7) is 9.74. The number of nitro groups is 1. The molecule has 0 fully saturated rings. The van der Waals surface area contributed by atoms with Crippen molar-refractivity contribution in [2.24, 2.45) is 11.8 Å². The Kier molecular flexibility index (Phi) is 8.25. The van der Waals surface area contributed by atoms with Gasteiger partial charge in [-0.05, 0) is 29.0 Å². The Bertz CT molecular complexity index is 658. The van der Waals surface area contributed by atoms with Crippen LogP contribution in [0.1, 0.15) is 33.3 Å². The van der Waals surface area contributed by atoms with Gasteiger partial charge >= 0.3 is 5.97 Å². The number of aliphatic carboxylic acids is 1. The number of hydrogen-bond acceptors (Lipinski definition) is 5. The maximum absolute atomic E-state index is 11.7. The summed E-state index contributed by atoms with van der Waals surface area (Å²) >= 11 is 0. The molecular weight excluding hydrogens is 336 g/mol. The quantitative estimate of drug-likeness (QED) is 0.385. The summed E-state index contributed by atoms with van der Waals surface area (Å²) in [5.74, 6) is -0.419. The SMILES string of the molecule is COC/C(=C/C(=O)O)c1ccc(N(CC(C)C)CC(C)C)c([N+](=O)[O-])c1. The monoisotopic (exact) mass is 364 g/mol. The molecule has 7 heteroatoms. The third-order valence-corrected chi connectivity index (χ3v) is 3.65. The van der Waals surface area contributed by atoms with Gasteiger partial charge in [0.2, 0.25) is 0 Å². The molecule has 144 valence electrons. The zero-order chi connectivity index (χ0) is 19.9. The molecule has 1 rings (SSSR count). The van der Waals surface area contributed by atoms with E-state index in [1.165, 1.54) is 13.2 Å². The van der Waals surface area contributed by atoms with Crippen LogP contribution in [-0.4, -0.2) is 42.8 Å². The molecule has 0 heterocycles. The smallest absolute Gasteiger partial charge is 0.328 e. The van der Waals surface area contributed by atoms with Gasteiger partial charge in [-0.3, -0.25) is 10.1 Å². The molecule has 7 nitrogen and oxygen atoms in total. The van der Waals surface area contributed by atoms with Crippen LogP contribution in [0.2, 0.25) is 0 Å². The van der Waals surface area contributed by atoms with Crippen molar-refractivity contribution < 1.29 is 19.6 Å². The molecule has 0 atom stereocenters. The van der Waals surface area contributed by atoms with Crippen molar-refractivity contribution in [3.63, 3.8) is 0 Å². The van der Waals surface area contributed by atoms with Gasteiger partial charge in [0.05, 0.1) is 11.5 Å². The number of benzene rings is 1. The fourth-order valence-corrected chi connectivity index (χ4v) is 2.80. The van der Waals surface area contributed by atoms with Gasteiger partial charge in [0.15, 0.2) is 0 Å². The minimum absolute atomic E-state index is 0.0313. The van der Waals surface area contributed by atoms with Gasteiger partial charge in [-0.2, -0.15) is 0 Å². The molecule has 0 spiro atoms. The van der Waals surface area contributed by atoms with Gasteiger partial charge in [0.1, 0.15) is 5.69 Å². The highest BCUT2D eigenvalue weighted by molar-refractivity contribution is 5.91. The van der Waals surface area contributed by atoms with Gasteiger partial charge < -0.3 is 14.7 Å². The lowest BCUT2D eigenvalue weighted by Crippen LogP contribution is -2.31. The van der Waals surface area contributed by atoms with Crippen LogP contribution in [0, 0.1) is 22.0 Å². The summed E-state index contributed by atoms with van der Waals surface area (Å²) in [6, 6.07) is 4.84. The van der Waals surface area contributed by atoms with Gasteiger partial charge in [0.25, 0.3) is 5.69 Å². The molecule has 26 heavy (non-hydrogen) atoms. The van der Waals surface area contributed by atoms with Crippen molar-refractivity contribution in [1.29, 1.82) is 0 Å². The zero-order valence-corrected chi connectivity index (χ0v) is 16.1. The van der Waals surface area contributed by atoms with Crippen LogP contribution in [0.25, 0.3) is 5.57 Å². The summed E-state index contributed by atoms with van der Waals surface area (Å²) in [5, 5.41) is 20.7. The van der Waals surface area contributed by atoms with Crippen LogP contribution < -0.4 is 4.90 Å². The molecule has 1 aromatic rings. The minimum Gasteiger partial charge on any atom is -0.478 e. The van der Waals surface area contributed by atoms with Crippen molar-refractivity contribution in [1.82, 2.24) is 0 Å². The van der Waals surface area contributed by atoms with E-state index in [1.54, 1.807) is 12.1 Å². The van der Waals surface area contributed by atoms with Crippen LogP contribution in [-0.2, 0) is 9.53 Å². The second kappa shape index (κ2) is 9.91. The van der Waals surface area contributed by atoms with Gasteiger partial charge in [-0.15, -0.1) is 0 Å². The molecule has 0 saturated carbocycles. The third-order valence-electron chi connectivity index (χ3n) is 3.65. The molecule has 0 radical (unpaired) electrons. The van der Waals surface area contributed by atoms with E-state index in [9.17, 15) is 14.9 Å². The van der Waals surface area contributed by atoms with E-state index >= 15 is 0 Å². The number of methoxy groups -OCH3 is 1. The van der Waals surface area contributed by atoms with E-state index < -0.39 is 10.9 Å². The van der Waals surface area contributed by atoms with Crippen molar-refractivity contribution in [2.75, 3.05) is 31.7 Å². The van der Waals surface area contributed by atoms with E-state index in [-0.39, 0.29) is 12.3 Å². The first kappa shape index (κ1) is 21.6. The molecule has 0 bridgehead atoms. The fourth-order valence-electron chi connectivity index (χ4n) is 2.80. The summed E-state index contributed by atoms with van der Waals surface area (Å²) in [6.07, 6.45) is 1.02. The van der Waals surface area contributed by atoms with Crippen LogP contribution in [0.5, 0.6) is 0 Å². The second-order valence-electron chi connectivity index (χ2n) is 7.09. The molecule has 0 aliphatic rings. The van der Waals surface area contributed by atoms with E-state index in [0.717, 1.165) is 6.08 Å². The lowest BCUT2D eigenvalue weighted by atomic mass is 10.0. The topological polar surface area (TPSA) is 92.9 Å². The molecule has 0 aromatic heterocycles. The molecular formula is C19H28N2O5. The number of ether oxygens (including phenoxy) is 1. The summed E-state index contributed by atoms with van der Waals surface area (Å²) in [7, 11) is 1.45. The largest absolute Gasteiger partial charge is 0.478 e. The number of nitro benzene ring substituents is 1. The van der Waals surface area contributed by atoms with E-state index in [4.69, 9.17) is 9.84 Å². The zero-order valence-electron chi connectivity index (χ0n) is 16.1. The molecule has 0 aliphatic heterocycles. The number of carbonyl (C=O) groups is 1. The maximum atomic E-state index is 11.7. The first-order chi connectivity index (χ1) is 12.1. The molecule has 0 amide bonds. The highest BCUT2D eigenvalue weighted by atomic mass is 16.6. The Labute approximate surface area is 154 Å². The van der Waals surface area contributed by atoms with E-state index in [0.29, 0.717) is 41.7 Å². The second-order valence-corrected chi connectivity index (χ2v) is 7.09. The summed E-state index contributed by atoms with van der Waals surface area (Å²) < 4.78 is 5.03. The minimum atomic E-state index is -1.12. The highest BCUT2D eigenvalue weighted by Crippen LogP contribution is 2.32. The van der Waals surface area contributed by atoms with Crippen molar-refractivity contribution in [3.8, 4) is 0 Å². The first-order valence-corrected chi connectivity index (χ1v) is 8.61. The number of carboxylic acids is 1. The normalized spacial score (nSPS) is 11.9. The Morgan fingerprint density at radius 3 is 2.27 bits per heavy atom. The van der Waals surface area contributed by atoms with Crippen molar-refractivity contribution >= 4 is 22.9 Å². The van der Waals surface area contributed by atoms with E-state index in [1.807, 2.05) is 4.90 Å². The lowest BCUT2D eigenvalue weighted by Gasteiger charge is -2.28. The average molecular weight is 364 g/mol. The number of nitrogens with zero attached hydrogens (tertiary/aromatic N) is 2. The van der Waals surface area contributed by atoms with Crippen LogP contribution in [0.15, 0.2) is 24.3 Å². The Morgan fingerprint density at radius 2 is 1.85 bits per heavy atom. The fraction of sp³-hybridized carbons (Fsp3) is 0.526. The highest BCUT2D eigenvalue weighted by Gasteiger charge is 2.22. The third kappa shape index (κ3) is 6.48. The van der Waals surface area contributed by atoms with Gasteiger partial charge in [0, 0.05) is 32.3 Å². The Hall–Kier alpha value is -2.41. The van der Waals surface area contributed by atoms with Crippen LogP contribution >= 0.6 is 0 Å². The predicted molar refractivity (Wildman–Crippen MR) is 102 cm³/mol. The average Bonchev–Trinajstić information content (AvgIpc) is 2.52. The number of anilines is 1. The summed E-state index contributed by atoms with van der Waals surface area (Å²) in [4.78, 5) is 24.3. The van der Waals surface area contributed by atoms with Crippen LogP contribution in [0.4, 0.5) is 11.4 Å². The number of hydrogen-bond donors (Lipinski definition) is 1. The van der Waals surface area contributed by atoms with E-state index in [2.05, 4.69) is 27.7 Å². The van der Waals surface area contributed by atoms with Crippen molar-refractivity contribution in [3.05, 3.63) is 40.0 Å². The first-order valence-electron chi connectivity index (χ1n) is 8.61. The molecule has 0 unspecified atom stereocenters. The Morgan fingerprint density at radius 1 is 1.27 bits per heavy atom. The van der Waals surface area contributed by atoms with Crippen LogP contribution in [0.3, 0.4) is 0 Å². The molecule has 0 aliphatic carbocycles. The molecule has 0 saturated heterocycles. The molecule has 1 aromatic carbocycles. The molecule has 1 N–H and O–H groups in total. The van der Waals surface area contributed by atoms with Gasteiger partial charge in [-0.1, -0.05) is 33.8 Å². The predicted octanol–water partition coefficient (Wildman–Crippen LogP) is 3.83. The van der Waals surface area contributed by atoms with Crippen molar-refractivity contribution in [2.45, 2.75) is 27.7 Å². The maximum Gasteiger partial charge on any atom is 0.328 e. The lowest BCUT2D eigenvalue weighted by molar-refractivity contribution is -0.384. The summed E-state index contributed by atoms with van der Waals surface area (Å²) in [5.41, 5.74) is 1.37. The number of rotatable bonds is 10. The van der Waals surface area contributed by atoms with Gasteiger partial charge in [-0.25, -0.2) is 4.79 Å². The Balaban J connectivity index is 3.42. The standard InChI is InChI=1S/C19H28N2O5/c1-13(2)10-20(11-14(3)4)17-7-6-15(8-18(17)21(24)25)16(12-26-5)9-19(22)23/h6-9,13-14H,10-12H2,1-5H3,(H,22,23)/b16-9-.